The van der Waals surface area contributed by atoms with Gasteiger partial charge in [0.15, 0.2) is 5.72 Å². The Balaban J connectivity index is 1.24. The fourth-order valence-electron chi connectivity index (χ4n) is 5.65. The Hall–Kier alpha value is -3.23. The van der Waals surface area contributed by atoms with Gasteiger partial charge in [-0.05, 0) is 79.2 Å². The summed E-state index contributed by atoms with van der Waals surface area (Å²) < 4.78 is 1.65. The molecule has 3 atom stereocenters. The van der Waals surface area contributed by atoms with E-state index < -0.39 is 17.2 Å². The van der Waals surface area contributed by atoms with Crippen LogP contribution in [0.15, 0.2) is 42.9 Å². The second-order valence-corrected chi connectivity index (χ2v) is 10.4. The molecule has 0 unspecified atom stereocenters. The molecule has 2 aliphatic rings. The van der Waals surface area contributed by atoms with E-state index in [2.05, 4.69) is 39.2 Å². The number of anilines is 2. The molecule has 0 bridgehead atoms. The first-order valence-electron chi connectivity index (χ1n) is 12.0. The van der Waals surface area contributed by atoms with Gasteiger partial charge in [0.05, 0.1) is 10.9 Å². The lowest BCUT2D eigenvalue weighted by atomic mass is 9.79. The van der Waals surface area contributed by atoms with Crippen LogP contribution in [-0.4, -0.2) is 35.8 Å². The molecular formula is C26H30N6O2. The molecule has 176 valence electrons. The maximum atomic E-state index is 11.6. The number of hydrogen-bond donors (Lipinski definition) is 4. The number of nitrogen functional groups attached to an aromatic ring is 2. The van der Waals surface area contributed by atoms with Crippen molar-refractivity contribution in [1.82, 2.24) is 19.5 Å². The minimum absolute atomic E-state index is 0.359. The highest BCUT2D eigenvalue weighted by molar-refractivity contribution is 5.86. The second kappa shape index (κ2) is 7.38. The Kier molecular flexibility index (Phi) is 4.63. The van der Waals surface area contributed by atoms with E-state index in [1.165, 1.54) is 24.7 Å². The van der Waals surface area contributed by atoms with Gasteiger partial charge in [0, 0.05) is 11.6 Å². The van der Waals surface area contributed by atoms with Gasteiger partial charge in [-0.2, -0.15) is 0 Å². The molecule has 8 heteroatoms. The molecule has 2 saturated carbocycles. The van der Waals surface area contributed by atoms with Crippen LogP contribution in [0.1, 0.15) is 56.1 Å². The van der Waals surface area contributed by atoms with E-state index in [9.17, 15) is 10.2 Å². The van der Waals surface area contributed by atoms with E-state index in [1.54, 1.807) is 16.8 Å². The van der Waals surface area contributed by atoms with Crippen LogP contribution in [0.25, 0.3) is 21.9 Å². The zero-order chi connectivity index (χ0) is 23.7. The normalized spacial score (nSPS) is 27.1. The minimum Gasteiger partial charge on any atom is -0.388 e. The lowest BCUT2D eigenvalue weighted by Gasteiger charge is -2.36. The first kappa shape index (κ1) is 21.3. The summed E-state index contributed by atoms with van der Waals surface area (Å²) in [6.45, 7) is 2.05. The van der Waals surface area contributed by atoms with Gasteiger partial charge in [0.1, 0.15) is 29.7 Å². The van der Waals surface area contributed by atoms with E-state index in [0.29, 0.717) is 41.4 Å². The summed E-state index contributed by atoms with van der Waals surface area (Å²) in [7, 11) is 0. The van der Waals surface area contributed by atoms with Crippen molar-refractivity contribution in [3.63, 3.8) is 0 Å². The highest BCUT2D eigenvalue weighted by atomic mass is 16.4. The zero-order valence-electron chi connectivity index (χ0n) is 19.3. The number of aliphatic hydroxyl groups is 2. The number of nitrogens with two attached hydrogens (primary N) is 2. The molecule has 4 aromatic rings. The number of aryl methyl sites for hydroxylation is 1. The van der Waals surface area contributed by atoms with Crippen LogP contribution in [0, 0.1) is 5.41 Å². The third-order valence-corrected chi connectivity index (χ3v) is 8.04. The molecule has 3 heterocycles. The van der Waals surface area contributed by atoms with Gasteiger partial charge >= 0.3 is 0 Å². The Morgan fingerprint density at radius 1 is 1.09 bits per heavy atom. The molecule has 0 saturated heterocycles. The van der Waals surface area contributed by atoms with Crippen molar-refractivity contribution in [2.45, 2.75) is 63.2 Å². The summed E-state index contributed by atoms with van der Waals surface area (Å²) in [5.41, 5.74) is 14.0. The van der Waals surface area contributed by atoms with Gasteiger partial charge < -0.3 is 26.2 Å². The predicted molar refractivity (Wildman–Crippen MR) is 132 cm³/mol. The monoisotopic (exact) mass is 458 g/mol. The highest BCUT2D eigenvalue weighted by Crippen LogP contribution is 2.50. The molecule has 6 N–H and O–H groups in total. The van der Waals surface area contributed by atoms with Crippen LogP contribution >= 0.6 is 0 Å². The number of aliphatic hydroxyl groups excluding tert-OH is 1. The van der Waals surface area contributed by atoms with Crippen LogP contribution in [0.5, 0.6) is 0 Å². The van der Waals surface area contributed by atoms with Crippen molar-refractivity contribution in [1.29, 1.82) is 0 Å². The van der Waals surface area contributed by atoms with Crippen molar-refractivity contribution in [2.24, 2.45) is 5.41 Å². The second-order valence-electron chi connectivity index (χ2n) is 10.4. The summed E-state index contributed by atoms with van der Waals surface area (Å²) in [6, 6.07) is 10.3. The van der Waals surface area contributed by atoms with Gasteiger partial charge in [0.2, 0.25) is 0 Å². The molecular weight excluding hydrogens is 428 g/mol. The van der Waals surface area contributed by atoms with Crippen molar-refractivity contribution >= 4 is 33.6 Å². The quantitative estimate of drug-likeness (QED) is 0.359. The predicted octanol–water partition coefficient (Wildman–Crippen LogP) is 3.46. The van der Waals surface area contributed by atoms with Crippen LogP contribution in [-0.2, 0) is 12.1 Å². The fourth-order valence-corrected chi connectivity index (χ4v) is 5.65. The molecule has 8 nitrogen and oxygen atoms in total. The van der Waals surface area contributed by atoms with E-state index in [-0.39, 0.29) is 0 Å². The van der Waals surface area contributed by atoms with E-state index in [1.807, 2.05) is 6.92 Å². The third kappa shape index (κ3) is 3.24. The summed E-state index contributed by atoms with van der Waals surface area (Å²) in [5, 5.41) is 24.7. The Morgan fingerprint density at radius 2 is 1.91 bits per heavy atom. The number of aromatic nitrogens is 4. The first-order valence-corrected chi connectivity index (χ1v) is 12.0. The van der Waals surface area contributed by atoms with Crippen LogP contribution < -0.4 is 11.5 Å². The molecule has 0 aliphatic heterocycles. The molecule has 6 rings (SSSR count). The van der Waals surface area contributed by atoms with Crippen LogP contribution in [0.4, 0.5) is 11.6 Å². The lowest BCUT2D eigenvalue weighted by molar-refractivity contribution is -0.140. The largest absolute Gasteiger partial charge is 0.388 e. The van der Waals surface area contributed by atoms with Crippen molar-refractivity contribution in [3.8, 4) is 0 Å². The Bertz CT molecular complexity index is 1410. The molecule has 2 fully saturated rings. The number of benzene rings is 1. The summed E-state index contributed by atoms with van der Waals surface area (Å²) >= 11 is 0. The van der Waals surface area contributed by atoms with Gasteiger partial charge in [-0.15, -0.1) is 0 Å². The molecule has 0 amide bonds. The van der Waals surface area contributed by atoms with E-state index >= 15 is 0 Å². The molecule has 0 spiro atoms. The molecule has 3 aromatic heterocycles. The molecule has 34 heavy (non-hydrogen) atoms. The highest BCUT2D eigenvalue weighted by Gasteiger charge is 2.54. The Labute approximate surface area is 197 Å². The summed E-state index contributed by atoms with van der Waals surface area (Å²) in [4.78, 5) is 13.0. The Morgan fingerprint density at radius 3 is 2.71 bits per heavy atom. The SMILES string of the molecule is C[C@]1(CCc2ccc3cc(C4CC4)c(N)nc3c2)CC[C@@](O)(n2ccc3c(N)ncnc32)[C@@H]1O. The van der Waals surface area contributed by atoms with Gasteiger partial charge in [-0.25, -0.2) is 15.0 Å². The smallest absolute Gasteiger partial charge is 0.169 e. The maximum absolute atomic E-state index is 11.6. The van der Waals surface area contributed by atoms with Gasteiger partial charge in [0.25, 0.3) is 0 Å². The standard InChI is InChI=1S/C26H30N6O2/c1-25(8-6-15-2-3-17-13-19(16-4-5-16)22(28)31-20(17)12-15)9-10-26(34,24(25)33)32-11-7-18-21(27)29-14-30-23(18)32/h2-3,7,11-14,16,24,33-34H,4-6,8-10H2,1H3,(H2,28,31)(H2,27,29,30)/t24-,25+,26+/m1/s1. The fraction of sp³-hybridized carbons (Fsp3) is 0.423. The molecule has 2 aliphatic carbocycles. The number of fused-ring (bicyclic) bond motifs is 2. The third-order valence-electron chi connectivity index (χ3n) is 8.04. The van der Waals surface area contributed by atoms with E-state index in [4.69, 9.17) is 11.5 Å². The number of pyridine rings is 1. The minimum atomic E-state index is -1.45. The van der Waals surface area contributed by atoms with Crippen molar-refractivity contribution in [2.75, 3.05) is 11.5 Å². The summed E-state index contributed by atoms with van der Waals surface area (Å²) in [5.74, 6) is 1.57. The zero-order valence-corrected chi connectivity index (χ0v) is 19.3. The lowest BCUT2D eigenvalue weighted by Crippen LogP contribution is -2.46. The number of hydrogen-bond acceptors (Lipinski definition) is 7. The van der Waals surface area contributed by atoms with Gasteiger partial charge in [-0.1, -0.05) is 19.1 Å². The molecule has 1 aromatic carbocycles. The average Bonchev–Trinajstić information content (AvgIpc) is 3.52. The number of nitrogens with zero attached hydrogens (tertiary/aromatic N) is 4. The topological polar surface area (TPSA) is 136 Å². The van der Waals surface area contributed by atoms with Crippen LogP contribution in [0.3, 0.4) is 0 Å². The van der Waals surface area contributed by atoms with Crippen LogP contribution in [0.2, 0.25) is 0 Å². The van der Waals surface area contributed by atoms with E-state index in [0.717, 1.165) is 29.3 Å². The van der Waals surface area contributed by atoms with Gasteiger partial charge in [-0.3, -0.25) is 0 Å². The summed E-state index contributed by atoms with van der Waals surface area (Å²) in [6.07, 6.45) is 7.17. The van der Waals surface area contributed by atoms with Crippen molar-refractivity contribution in [3.05, 3.63) is 54.0 Å². The maximum Gasteiger partial charge on any atom is 0.169 e. The number of rotatable bonds is 5. The first-order chi connectivity index (χ1) is 16.3. The average molecular weight is 459 g/mol. The molecule has 0 radical (unpaired) electrons. The van der Waals surface area contributed by atoms with Crippen molar-refractivity contribution < 1.29 is 10.2 Å².